The van der Waals surface area contributed by atoms with Crippen molar-refractivity contribution in [3.05, 3.63) is 34.7 Å². The normalized spacial score (nSPS) is 10.6. The highest BCUT2D eigenvalue weighted by Crippen LogP contribution is 2.16. The lowest BCUT2D eigenvalue weighted by molar-refractivity contribution is 0.0949. The van der Waals surface area contributed by atoms with Crippen molar-refractivity contribution in [2.75, 3.05) is 0 Å². The smallest absolute Gasteiger partial charge is 0.285 e. The number of nitrogens with zero attached hydrogens (tertiary/aromatic N) is 2. The van der Waals surface area contributed by atoms with Crippen LogP contribution in [-0.4, -0.2) is 15.3 Å². The number of carbonyl (C=O) groups is 1. The quantitative estimate of drug-likeness (QED) is 0.430. The third-order valence-electron chi connectivity index (χ3n) is 2.07. The van der Waals surface area contributed by atoms with E-state index in [0.29, 0.717) is 10.7 Å². The van der Waals surface area contributed by atoms with Crippen LogP contribution in [0.5, 0.6) is 0 Å². The summed E-state index contributed by atoms with van der Waals surface area (Å²) in [5, 5.41) is 0.595. The van der Waals surface area contributed by atoms with Crippen LogP contribution in [0, 0.1) is 6.92 Å². The molecule has 3 N–H and O–H groups in total. The van der Waals surface area contributed by atoms with Gasteiger partial charge in [-0.15, -0.1) is 0 Å². The predicted octanol–water partition coefficient (Wildman–Crippen LogP) is 0.900. The highest BCUT2D eigenvalue weighted by molar-refractivity contribution is 6.30. The number of fused-ring (bicyclic) bond motifs is 1. The van der Waals surface area contributed by atoms with Gasteiger partial charge in [-0.3, -0.25) is 10.2 Å². The summed E-state index contributed by atoms with van der Waals surface area (Å²) in [6.07, 6.45) is 3.26. The number of nitrogens with one attached hydrogen (secondary N) is 1. The van der Waals surface area contributed by atoms with E-state index >= 15 is 0 Å². The Morgan fingerprint density at radius 1 is 1.60 bits per heavy atom. The highest BCUT2D eigenvalue weighted by Gasteiger charge is 2.10. The third kappa shape index (κ3) is 1.67. The minimum Gasteiger partial charge on any atom is -0.305 e. The molecule has 0 saturated heterocycles. The van der Waals surface area contributed by atoms with Crippen LogP contribution < -0.4 is 11.3 Å². The Labute approximate surface area is 90.8 Å². The number of amides is 1. The van der Waals surface area contributed by atoms with Gasteiger partial charge in [0.05, 0.1) is 5.02 Å². The Morgan fingerprint density at radius 2 is 2.33 bits per heavy atom. The summed E-state index contributed by atoms with van der Waals surface area (Å²) in [6.45, 7) is 1.87. The monoisotopic (exact) mass is 224 g/mol. The molecular weight excluding hydrogens is 216 g/mol. The molecule has 0 unspecified atom stereocenters. The van der Waals surface area contributed by atoms with Gasteiger partial charge in [0.1, 0.15) is 11.3 Å². The first-order valence-electron chi connectivity index (χ1n) is 4.27. The fourth-order valence-corrected chi connectivity index (χ4v) is 1.68. The fraction of sp³-hybridized carbons (Fsp3) is 0.111. The van der Waals surface area contributed by atoms with Crippen LogP contribution in [0.4, 0.5) is 0 Å². The van der Waals surface area contributed by atoms with Crippen molar-refractivity contribution in [2.45, 2.75) is 6.92 Å². The molecule has 0 aromatic carbocycles. The number of carbonyl (C=O) groups excluding carboxylic acids is 1. The molecule has 1 amide bonds. The van der Waals surface area contributed by atoms with Crippen molar-refractivity contribution in [3.8, 4) is 0 Å². The lowest BCUT2D eigenvalue weighted by Crippen LogP contribution is -2.30. The van der Waals surface area contributed by atoms with Crippen molar-refractivity contribution < 1.29 is 4.79 Å². The number of imidazole rings is 1. The molecule has 0 spiro atoms. The number of hydrogen-bond acceptors (Lipinski definition) is 3. The molecule has 0 radical (unpaired) electrons. The van der Waals surface area contributed by atoms with Gasteiger partial charge in [-0.05, 0) is 18.6 Å². The second-order valence-corrected chi connectivity index (χ2v) is 3.61. The van der Waals surface area contributed by atoms with Gasteiger partial charge in [0.15, 0.2) is 0 Å². The van der Waals surface area contributed by atoms with Crippen LogP contribution in [0.3, 0.4) is 0 Å². The number of nitrogens with two attached hydrogens (primary N) is 1. The molecule has 5 nitrogen and oxygen atoms in total. The number of aromatic nitrogens is 2. The lowest BCUT2D eigenvalue weighted by atomic mass is 10.3. The van der Waals surface area contributed by atoms with Crippen LogP contribution in [0.2, 0.25) is 5.02 Å². The molecule has 2 aromatic heterocycles. The molecule has 2 aromatic rings. The maximum Gasteiger partial charge on any atom is 0.285 e. The molecule has 15 heavy (non-hydrogen) atoms. The van der Waals surface area contributed by atoms with E-state index in [2.05, 4.69) is 4.98 Å². The van der Waals surface area contributed by atoms with Crippen molar-refractivity contribution in [3.63, 3.8) is 0 Å². The number of nitrogen functional groups attached to an aromatic ring is 1. The molecular formula is C9H9ClN4O. The van der Waals surface area contributed by atoms with Gasteiger partial charge in [-0.25, -0.2) is 10.8 Å². The van der Waals surface area contributed by atoms with E-state index in [-0.39, 0.29) is 5.69 Å². The Balaban J connectivity index is 2.65. The molecule has 0 atom stereocenters. The zero-order valence-electron chi connectivity index (χ0n) is 7.99. The molecule has 0 aliphatic rings. The minimum atomic E-state index is -0.422. The van der Waals surface area contributed by atoms with Gasteiger partial charge in [-0.2, -0.15) is 0 Å². The van der Waals surface area contributed by atoms with Crippen LogP contribution in [0.25, 0.3) is 5.65 Å². The average molecular weight is 225 g/mol. The molecule has 6 heteroatoms. The summed E-state index contributed by atoms with van der Waals surface area (Å²) < 4.78 is 1.70. The second-order valence-electron chi connectivity index (χ2n) is 3.17. The SMILES string of the molecule is Cc1cc(Cl)cn2cc(C(=O)NN)nc12. The number of hydrazine groups is 1. The van der Waals surface area contributed by atoms with Crippen LogP contribution in [0.1, 0.15) is 16.1 Å². The topological polar surface area (TPSA) is 72.4 Å². The van der Waals surface area contributed by atoms with Gasteiger partial charge < -0.3 is 4.40 Å². The summed E-state index contributed by atoms with van der Waals surface area (Å²) >= 11 is 5.87. The third-order valence-corrected chi connectivity index (χ3v) is 2.27. The first-order valence-corrected chi connectivity index (χ1v) is 4.65. The van der Waals surface area contributed by atoms with Gasteiger partial charge in [0, 0.05) is 12.4 Å². The second kappa shape index (κ2) is 3.52. The van der Waals surface area contributed by atoms with Crippen molar-refractivity contribution in [1.82, 2.24) is 14.8 Å². The summed E-state index contributed by atoms with van der Waals surface area (Å²) in [5.41, 5.74) is 3.89. The summed E-state index contributed by atoms with van der Waals surface area (Å²) in [5.74, 6) is 4.60. The van der Waals surface area contributed by atoms with Gasteiger partial charge in [0.2, 0.25) is 0 Å². The van der Waals surface area contributed by atoms with Crippen LogP contribution in [0.15, 0.2) is 18.5 Å². The van der Waals surface area contributed by atoms with Crippen molar-refractivity contribution in [2.24, 2.45) is 5.84 Å². The van der Waals surface area contributed by atoms with E-state index in [9.17, 15) is 4.79 Å². The molecule has 0 saturated carbocycles. The molecule has 0 aliphatic carbocycles. The maximum absolute atomic E-state index is 11.2. The lowest BCUT2D eigenvalue weighted by Gasteiger charge is -1.97. The maximum atomic E-state index is 11.2. The first kappa shape index (κ1) is 9.95. The van der Waals surface area contributed by atoms with Crippen LogP contribution >= 0.6 is 11.6 Å². The van der Waals surface area contributed by atoms with Gasteiger partial charge in [0.25, 0.3) is 5.91 Å². The summed E-state index contributed by atoms with van der Waals surface area (Å²) in [4.78, 5) is 15.4. The number of hydrogen-bond donors (Lipinski definition) is 2. The first-order chi connectivity index (χ1) is 7.11. The molecule has 0 fully saturated rings. The summed E-state index contributed by atoms with van der Waals surface area (Å²) in [6, 6.07) is 1.79. The van der Waals surface area contributed by atoms with E-state index in [0.717, 1.165) is 5.56 Å². The number of aryl methyl sites for hydroxylation is 1. The molecule has 0 aliphatic heterocycles. The average Bonchev–Trinajstić information content (AvgIpc) is 2.60. The van der Waals surface area contributed by atoms with Crippen molar-refractivity contribution >= 4 is 23.2 Å². The molecule has 0 bridgehead atoms. The van der Waals surface area contributed by atoms with E-state index in [1.807, 2.05) is 12.3 Å². The Morgan fingerprint density at radius 3 is 3.00 bits per heavy atom. The van der Waals surface area contributed by atoms with Gasteiger partial charge in [-0.1, -0.05) is 11.6 Å². The molecule has 2 rings (SSSR count). The van der Waals surface area contributed by atoms with E-state index in [1.165, 1.54) is 0 Å². The van der Waals surface area contributed by atoms with Crippen LogP contribution in [-0.2, 0) is 0 Å². The molecule has 78 valence electrons. The van der Waals surface area contributed by atoms with E-state index < -0.39 is 5.91 Å². The predicted molar refractivity (Wildman–Crippen MR) is 56.6 cm³/mol. The minimum absolute atomic E-state index is 0.267. The Hall–Kier alpha value is -1.59. The zero-order chi connectivity index (χ0) is 11.0. The van der Waals surface area contributed by atoms with Crippen molar-refractivity contribution in [1.29, 1.82) is 0 Å². The van der Waals surface area contributed by atoms with E-state index in [1.54, 1.807) is 22.9 Å². The fourth-order valence-electron chi connectivity index (χ4n) is 1.41. The number of halogens is 1. The summed E-state index contributed by atoms with van der Waals surface area (Å²) in [7, 11) is 0. The zero-order valence-corrected chi connectivity index (χ0v) is 8.75. The largest absolute Gasteiger partial charge is 0.305 e. The standard InChI is InChI=1S/C9H9ClN4O/c1-5-2-6(10)3-14-4-7(9(15)13-11)12-8(5)14/h2-4H,11H2,1H3,(H,13,15). The Bertz CT molecular complexity index is 534. The Kier molecular flexibility index (Phi) is 2.34. The molecule has 2 heterocycles. The van der Waals surface area contributed by atoms with E-state index in [4.69, 9.17) is 17.4 Å². The van der Waals surface area contributed by atoms with Gasteiger partial charge >= 0.3 is 0 Å². The number of rotatable bonds is 1. The highest BCUT2D eigenvalue weighted by atomic mass is 35.5. The number of pyridine rings is 1.